The molecule has 42 heavy (non-hydrogen) atoms. The largest absolute Gasteiger partial charge is 0.456 e. The lowest BCUT2D eigenvalue weighted by molar-refractivity contribution is 0.0786. The van der Waals surface area contributed by atoms with Crippen molar-refractivity contribution < 1.29 is 23.4 Å². The van der Waals surface area contributed by atoms with Crippen LogP contribution in [-0.2, 0) is 24.0 Å². The number of nitrogens with zero attached hydrogens (tertiary/aromatic N) is 2. The fraction of sp³-hybridized carbons (Fsp3) is 0.333. The average Bonchev–Trinajstić information content (AvgIpc) is 3.53. The van der Waals surface area contributed by atoms with Gasteiger partial charge in [-0.25, -0.2) is 9.37 Å². The molecule has 0 atom stereocenters. The SMILES string of the molecule is COCc1[nH]c(C(C)C)nc1-c1cc2c(=O)n(C)cc(-c3cc(C(C)(C)O)ccc3Oc3c(C)cc(F)cc3C)c2o1. The van der Waals surface area contributed by atoms with Crippen molar-refractivity contribution in [2.75, 3.05) is 7.11 Å². The molecule has 3 heterocycles. The number of furan rings is 1. The molecule has 0 aliphatic rings. The maximum absolute atomic E-state index is 14.1. The zero-order valence-corrected chi connectivity index (χ0v) is 25.2. The Labute approximate surface area is 243 Å². The van der Waals surface area contributed by atoms with E-state index >= 15 is 0 Å². The van der Waals surface area contributed by atoms with Crippen LogP contribution < -0.4 is 10.3 Å². The summed E-state index contributed by atoms with van der Waals surface area (Å²) in [4.78, 5) is 21.4. The molecule has 0 radical (unpaired) electrons. The third kappa shape index (κ3) is 5.37. The molecule has 0 saturated heterocycles. The molecule has 0 amide bonds. The topological polar surface area (TPSA) is 103 Å². The Bertz CT molecular complexity index is 1830. The molecule has 2 aromatic carbocycles. The van der Waals surface area contributed by atoms with Crippen molar-refractivity contribution in [3.63, 3.8) is 0 Å². The zero-order valence-electron chi connectivity index (χ0n) is 25.2. The maximum atomic E-state index is 14.1. The highest BCUT2D eigenvalue weighted by Gasteiger charge is 2.25. The summed E-state index contributed by atoms with van der Waals surface area (Å²) in [6, 6.07) is 9.92. The van der Waals surface area contributed by atoms with Crippen molar-refractivity contribution in [1.82, 2.24) is 14.5 Å². The van der Waals surface area contributed by atoms with Gasteiger partial charge in [-0.1, -0.05) is 19.9 Å². The Balaban J connectivity index is 1.77. The Morgan fingerprint density at radius 2 is 1.81 bits per heavy atom. The summed E-state index contributed by atoms with van der Waals surface area (Å²) in [5, 5.41) is 11.2. The molecule has 0 aliphatic heterocycles. The number of rotatable bonds is 8. The number of methoxy groups -OCH3 is 1. The van der Waals surface area contributed by atoms with Gasteiger partial charge in [-0.05, 0) is 74.7 Å². The molecule has 0 spiro atoms. The number of aliphatic hydroxyl groups is 1. The van der Waals surface area contributed by atoms with Crippen molar-refractivity contribution in [3.8, 4) is 34.1 Å². The number of benzene rings is 2. The van der Waals surface area contributed by atoms with E-state index in [2.05, 4.69) is 4.98 Å². The van der Waals surface area contributed by atoms with Gasteiger partial charge in [0.2, 0.25) is 0 Å². The number of aryl methyl sites for hydroxylation is 3. The van der Waals surface area contributed by atoms with E-state index in [0.717, 1.165) is 11.5 Å². The average molecular weight is 574 g/mol. The quantitative estimate of drug-likeness (QED) is 0.203. The van der Waals surface area contributed by atoms with Gasteiger partial charge in [-0.3, -0.25) is 4.79 Å². The first-order valence-electron chi connectivity index (χ1n) is 13.8. The Morgan fingerprint density at radius 1 is 1.12 bits per heavy atom. The highest BCUT2D eigenvalue weighted by molar-refractivity contribution is 5.95. The van der Waals surface area contributed by atoms with Gasteiger partial charge in [0.15, 0.2) is 5.76 Å². The van der Waals surface area contributed by atoms with Crippen molar-refractivity contribution in [2.24, 2.45) is 7.05 Å². The van der Waals surface area contributed by atoms with Gasteiger partial charge < -0.3 is 28.5 Å². The fourth-order valence-electron chi connectivity index (χ4n) is 5.09. The van der Waals surface area contributed by atoms with E-state index in [9.17, 15) is 14.3 Å². The number of aromatic nitrogens is 3. The van der Waals surface area contributed by atoms with E-state index in [1.54, 1.807) is 66.2 Å². The van der Waals surface area contributed by atoms with E-state index in [0.29, 0.717) is 68.3 Å². The van der Waals surface area contributed by atoms with Crippen molar-refractivity contribution in [1.29, 1.82) is 0 Å². The number of halogens is 1. The predicted molar refractivity (Wildman–Crippen MR) is 160 cm³/mol. The van der Waals surface area contributed by atoms with Crippen LogP contribution >= 0.6 is 0 Å². The minimum atomic E-state index is -1.15. The van der Waals surface area contributed by atoms with Crippen LogP contribution in [-0.4, -0.2) is 26.8 Å². The molecule has 5 aromatic rings. The molecule has 0 unspecified atom stereocenters. The summed E-state index contributed by atoms with van der Waals surface area (Å²) in [7, 11) is 3.28. The summed E-state index contributed by atoms with van der Waals surface area (Å²) >= 11 is 0. The fourth-order valence-corrected chi connectivity index (χ4v) is 5.09. The number of fused-ring (bicyclic) bond motifs is 1. The minimum absolute atomic E-state index is 0.143. The van der Waals surface area contributed by atoms with Gasteiger partial charge in [-0.2, -0.15) is 0 Å². The second-order valence-electron chi connectivity index (χ2n) is 11.6. The maximum Gasteiger partial charge on any atom is 0.261 e. The zero-order chi connectivity index (χ0) is 30.5. The summed E-state index contributed by atoms with van der Waals surface area (Å²) in [6.07, 6.45) is 1.69. The minimum Gasteiger partial charge on any atom is -0.456 e. The normalized spacial score (nSPS) is 12.1. The van der Waals surface area contributed by atoms with E-state index in [1.165, 1.54) is 16.7 Å². The monoisotopic (exact) mass is 573 g/mol. The van der Waals surface area contributed by atoms with Crippen molar-refractivity contribution >= 4 is 11.0 Å². The summed E-state index contributed by atoms with van der Waals surface area (Å²) in [5.74, 6) is 1.99. The number of ether oxygens (including phenoxy) is 2. The van der Waals surface area contributed by atoms with Crippen LogP contribution in [0.25, 0.3) is 33.6 Å². The molecule has 8 nitrogen and oxygen atoms in total. The summed E-state index contributed by atoms with van der Waals surface area (Å²) in [6.45, 7) is 11.3. The highest BCUT2D eigenvalue weighted by atomic mass is 19.1. The first-order valence-corrected chi connectivity index (χ1v) is 13.8. The number of nitrogens with one attached hydrogen (secondary N) is 1. The lowest BCUT2D eigenvalue weighted by Gasteiger charge is -2.21. The van der Waals surface area contributed by atoms with Crippen LogP contribution in [0.1, 0.15) is 61.8 Å². The van der Waals surface area contributed by atoms with Crippen LogP contribution in [0, 0.1) is 19.7 Å². The molecule has 0 saturated carbocycles. The first-order chi connectivity index (χ1) is 19.8. The van der Waals surface area contributed by atoms with Gasteiger partial charge in [0, 0.05) is 37.4 Å². The molecule has 3 aromatic heterocycles. The van der Waals surface area contributed by atoms with E-state index < -0.39 is 5.60 Å². The predicted octanol–water partition coefficient (Wildman–Crippen LogP) is 7.23. The second kappa shape index (κ2) is 10.9. The van der Waals surface area contributed by atoms with Crippen molar-refractivity contribution in [2.45, 2.75) is 59.7 Å². The molecule has 0 fully saturated rings. The molecule has 220 valence electrons. The van der Waals surface area contributed by atoms with Crippen LogP contribution in [0.4, 0.5) is 4.39 Å². The summed E-state index contributed by atoms with van der Waals surface area (Å²) in [5.41, 5.74) is 3.40. The second-order valence-corrected chi connectivity index (χ2v) is 11.6. The van der Waals surface area contributed by atoms with Gasteiger partial charge in [-0.15, -0.1) is 0 Å². The van der Waals surface area contributed by atoms with Gasteiger partial charge in [0.1, 0.15) is 34.4 Å². The van der Waals surface area contributed by atoms with Crippen LogP contribution in [0.5, 0.6) is 11.5 Å². The van der Waals surface area contributed by atoms with Gasteiger partial charge in [0.05, 0.1) is 23.3 Å². The molecule has 0 aliphatic carbocycles. The van der Waals surface area contributed by atoms with Crippen LogP contribution in [0.15, 0.2) is 51.8 Å². The molecule has 2 N–H and O–H groups in total. The Morgan fingerprint density at radius 3 is 2.43 bits per heavy atom. The first kappa shape index (κ1) is 29.3. The lowest BCUT2D eigenvalue weighted by atomic mass is 9.93. The molecule has 9 heteroatoms. The number of H-pyrrole nitrogens is 1. The molecule has 0 bridgehead atoms. The lowest BCUT2D eigenvalue weighted by Crippen LogP contribution is -2.17. The molecular weight excluding hydrogens is 537 g/mol. The number of aromatic amines is 1. The number of hydrogen-bond acceptors (Lipinski definition) is 6. The van der Waals surface area contributed by atoms with E-state index in [1.807, 2.05) is 19.9 Å². The number of hydrogen-bond donors (Lipinski definition) is 2. The standard InChI is InChI=1S/C33H36FN3O5/c1-17(2)31-35-25(16-40-8)28(36-31)27-14-23-30(42-27)24(15-37(7)32(23)38)22-13-20(33(5,6)39)9-10-26(22)41-29-18(3)11-21(34)12-19(29)4/h9-15,17,39H,16H2,1-8H3,(H,35,36). The van der Waals surface area contributed by atoms with Crippen LogP contribution in [0.2, 0.25) is 0 Å². The Kier molecular flexibility index (Phi) is 7.59. The number of imidazole rings is 1. The van der Waals surface area contributed by atoms with Gasteiger partial charge >= 0.3 is 0 Å². The van der Waals surface area contributed by atoms with Crippen molar-refractivity contribution in [3.05, 3.63) is 87.0 Å². The third-order valence-electron chi connectivity index (χ3n) is 7.33. The third-order valence-corrected chi connectivity index (χ3v) is 7.33. The van der Waals surface area contributed by atoms with E-state index in [4.69, 9.17) is 18.9 Å². The molecule has 5 rings (SSSR count). The summed E-state index contributed by atoms with van der Waals surface area (Å²) < 4.78 is 33.8. The smallest absolute Gasteiger partial charge is 0.261 e. The molecular formula is C33H36FN3O5. The van der Waals surface area contributed by atoms with Gasteiger partial charge in [0.25, 0.3) is 5.56 Å². The Hall–Kier alpha value is -4.21. The van der Waals surface area contributed by atoms with Crippen LogP contribution in [0.3, 0.4) is 0 Å². The number of pyridine rings is 1. The van der Waals surface area contributed by atoms with E-state index in [-0.39, 0.29) is 17.3 Å². The highest BCUT2D eigenvalue weighted by Crippen LogP contribution is 2.42.